The SMILES string of the molecule is CC(C)N(C)S(=O)(=O)c1cccc(C(=O)Nc2ccccc2Cl)c1. The molecule has 0 saturated heterocycles. The molecule has 0 aliphatic rings. The van der Waals surface area contributed by atoms with Crippen LogP contribution in [0.5, 0.6) is 0 Å². The Bertz CT molecular complexity index is 850. The highest BCUT2D eigenvalue weighted by Crippen LogP contribution is 2.22. The Labute approximate surface area is 147 Å². The van der Waals surface area contributed by atoms with Crippen molar-refractivity contribution in [3.63, 3.8) is 0 Å². The summed E-state index contributed by atoms with van der Waals surface area (Å²) in [5, 5.41) is 3.09. The fourth-order valence-corrected chi connectivity index (χ4v) is 3.60. The lowest BCUT2D eigenvalue weighted by molar-refractivity contribution is 0.102. The Morgan fingerprint density at radius 2 is 1.79 bits per heavy atom. The predicted molar refractivity (Wildman–Crippen MR) is 95.9 cm³/mol. The number of rotatable bonds is 5. The van der Waals surface area contributed by atoms with Gasteiger partial charge in [-0.05, 0) is 44.2 Å². The predicted octanol–water partition coefficient (Wildman–Crippen LogP) is 3.62. The first-order chi connectivity index (χ1) is 11.2. The molecule has 0 radical (unpaired) electrons. The van der Waals surface area contributed by atoms with Crippen molar-refractivity contribution >= 4 is 33.2 Å². The van der Waals surface area contributed by atoms with Gasteiger partial charge in [0, 0.05) is 18.7 Å². The van der Waals surface area contributed by atoms with Crippen molar-refractivity contribution in [3.05, 3.63) is 59.1 Å². The second kappa shape index (κ2) is 7.34. The number of sulfonamides is 1. The van der Waals surface area contributed by atoms with Crippen LogP contribution in [0.15, 0.2) is 53.4 Å². The van der Waals surface area contributed by atoms with Crippen LogP contribution in [-0.2, 0) is 10.0 Å². The Balaban J connectivity index is 2.31. The number of benzene rings is 2. The van der Waals surface area contributed by atoms with Crippen LogP contribution in [0, 0.1) is 0 Å². The Morgan fingerprint density at radius 1 is 1.12 bits per heavy atom. The van der Waals surface area contributed by atoms with E-state index in [1.807, 2.05) is 0 Å². The Morgan fingerprint density at radius 3 is 2.42 bits per heavy atom. The van der Waals surface area contributed by atoms with Crippen LogP contribution in [0.25, 0.3) is 0 Å². The van der Waals surface area contributed by atoms with E-state index in [9.17, 15) is 13.2 Å². The van der Waals surface area contributed by atoms with Crippen LogP contribution >= 0.6 is 11.6 Å². The molecule has 2 rings (SSSR count). The van der Waals surface area contributed by atoms with Gasteiger partial charge in [-0.2, -0.15) is 4.31 Å². The first-order valence-electron chi connectivity index (χ1n) is 7.37. The number of carbonyl (C=O) groups excluding carboxylic acids is 1. The fraction of sp³-hybridized carbons (Fsp3) is 0.235. The molecule has 1 N–H and O–H groups in total. The van der Waals surface area contributed by atoms with Crippen molar-refractivity contribution < 1.29 is 13.2 Å². The molecule has 2 aromatic rings. The molecule has 7 heteroatoms. The minimum atomic E-state index is -3.65. The highest BCUT2D eigenvalue weighted by molar-refractivity contribution is 7.89. The monoisotopic (exact) mass is 366 g/mol. The van der Waals surface area contributed by atoms with Crippen LogP contribution in [-0.4, -0.2) is 31.7 Å². The maximum atomic E-state index is 12.5. The summed E-state index contributed by atoms with van der Waals surface area (Å²) in [7, 11) is -2.14. The van der Waals surface area contributed by atoms with E-state index >= 15 is 0 Å². The maximum absolute atomic E-state index is 12.5. The normalized spacial score (nSPS) is 11.8. The van der Waals surface area contributed by atoms with E-state index in [4.69, 9.17) is 11.6 Å². The zero-order chi connectivity index (χ0) is 17.9. The lowest BCUT2D eigenvalue weighted by Crippen LogP contribution is -2.33. The number of hydrogen-bond donors (Lipinski definition) is 1. The number of nitrogens with one attached hydrogen (secondary N) is 1. The largest absolute Gasteiger partial charge is 0.321 e. The number of para-hydroxylation sites is 1. The average molecular weight is 367 g/mol. The van der Waals surface area contributed by atoms with Gasteiger partial charge in [-0.3, -0.25) is 4.79 Å². The summed E-state index contributed by atoms with van der Waals surface area (Å²) in [6, 6.07) is 12.6. The molecule has 0 aliphatic carbocycles. The van der Waals surface area contributed by atoms with Crippen molar-refractivity contribution in [2.75, 3.05) is 12.4 Å². The van der Waals surface area contributed by atoms with Crippen LogP contribution in [0.2, 0.25) is 5.02 Å². The van der Waals surface area contributed by atoms with E-state index in [-0.39, 0.29) is 16.5 Å². The first kappa shape index (κ1) is 18.4. The minimum absolute atomic E-state index is 0.0745. The third-order valence-corrected chi connectivity index (χ3v) is 5.98. The van der Waals surface area contributed by atoms with Crippen LogP contribution < -0.4 is 5.32 Å². The quantitative estimate of drug-likeness (QED) is 0.878. The third-order valence-electron chi connectivity index (χ3n) is 3.62. The van der Waals surface area contributed by atoms with E-state index in [0.29, 0.717) is 10.7 Å². The molecular weight excluding hydrogens is 348 g/mol. The van der Waals surface area contributed by atoms with Crippen molar-refractivity contribution in [1.82, 2.24) is 4.31 Å². The molecule has 0 bridgehead atoms. The van der Waals surface area contributed by atoms with E-state index in [0.717, 1.165) is 0 Å². The van der Waals surface area contributed by atoms with Gasteiger partial charge in [0.1, 0.15) is 0 Å². The standard InChI is InChI=1S/C17H19ClN2O3S/c1-12(2)20(3)24(22,23)14-8-6-7-13(11-14)17(21)19-16-10-5-4-9-15(16)18/h4-12H,1-3H3,(H,19,21). The number of halogens is 1. The molecule has 0 aliphatic heterocycles. The Kier molecular flexibility index (Phi) is 5.64. The van der Waals surface area contributed by atoms with Crippen molar-refractivity contribution in [1.29, 1.82) is 0 Å². The Hall–Kier alpha value is -1.89. The molecule has 1 amide bonds. The summed E-state index contributed by atoms with van der Waals surface area (Å²) in [6.07, 6.45) is 0. The van der Waals surface area contributed by atoms with Gasteiger partial charge >= 0.3 is 0 Å². The fourth-order valence-electron chi connectivity index (χ4n) is 2.00. The van der Waals surface area contributed by atoms with Gasteiger partial charge in [0.2, 0.25) is 10.0 Å². The summed E-state index contributed by atoms with van der Waals surface area (Å²) in [5.74, 6) is -0.424. The zero-order valence-electron chi connectivity index (χ0n) is 13.7. The molecule has 0 unspecified atom stereocenters. The minimum Gasteiger partial charge on any atom is -0.321 e. The molecule has 0 heterocycles. The summed E-state index contributed by atoms with van der Waals surface area (Å²) >= 11 is 6.02. The molecular formula is C17H19ClN2O3S. The summed E-state index contributed by atoms with van der Waals surface area (Å²) in [4.78, 5) is 12.4. The second-order valence-electron chi connectivity index (χ2n) is 5.58. The number of hydrogen-bond acceptors (Lipinski definition) is 3. The maximum Gasteiger partial charge on any atom is 0.255 e. The molecule has 5 nitrogen and oxygen atoms in total. The summed E-state index contributed by atoms with van der Waals surface area (Å²) in [5.41, 5.74) is 0.713. The third kappa shape index (κ3) is 3.95. The van der Waals surface area contributed by atoms with Crippen molar-refractivity contribution in [2.24, 2.45) is 0 Å². The van der Waals surface area contributed by atoms with E-state index in [2.05, 4.69) is 5.32 Å². The molecule has 0 fully saturated rings. The van der Waals surface area contributed by atoms with Crippen LogP contribution in [0.3, 0.4) is 0 Å². The van der Waals surface area contributed by atoms with Gasteiger partial charge in [0.15, 0.2) is 0 Å². The van der Waals surface area contributed by atoms with Gasteiger partial charge < -0.3 is 5.32 Å². The van der Waals surface area contributed by atoms with Gasteiger partial charge in [0.25, 0.3) is 5.91 Å². The van der Waals surface area contributed by atoms with Gasteiger partial charge in [-0.15, -0.1) is 0 Å². The summed E-state index contributed by atoms with van der Waals surface area (Å²) in [6.45, 7) is 3.57. The molecule has 0 aromatic heterocycles. The number of carbonyl (C=O) groups is 1. The smallest absolute Gasteiger partial charge is 0.255 e. The zero-order valence-corrected chi connectivity index (χ0v) is 15.2. The molecule has 0 saturated carbocycles. The van der Waals surface area contributed by atoms with Gasteiger partial charge in [0.05, 0.1) is 15.6 Å². The number of anilines is 1. The van der Waals surface area contributed by atoms with Crippen molar-refractivity contribution in [3.8, 4) is 0 Å². The summed E-state index contributed by atoms with van der Waals surface area (Å²) < 4.78 is 26.3. The van der Waals surface area contributed by atoms with E-state index < -0.39 is 15.9 Å². The topological polar surface area (TPSA) is 66.5 Å². The van der Waals surface area contributed by atoms with Crippen LogP contribution in [0.1, 0.15) is 24.2 Å². The lowest BCUT2D eigenvalue weighted by Gasteiger charge is -2.21. The first-order valence-corrected chi connectivity index (χ1v) is 9.19. The second-order valence-corrected chi connectivity index (χ2v) is 7.98. The molecule has 128 valence electrons. The molecule has 24 heavy (non-hydrogen) atoms. The highest BCUT2D eigenvalue weighted by Gasteiger charge is 2.24. The van der Waals surface area contributed by atoms with Gasteiger partial charge in [-0.25, -0.2) is 8.42 Å². The van der Waals surface area contributed by atoms with E-state index in [1.54, 1.807) is 50.2 Å². The van der Waals surface area contributed by atoms with Crippen molar-refractivity contribution in [2.45, 2.75) is 24.8 Å². The number of nitrogens with zero attached hydrogens (tertiary/aromatic N) is 1. The molecule has 0 atom stereocenters. The highest BCUT2D eigenvalue weighted by atomic mass is 35.5. The average Bonchev–Trinajstić information content (AvgIpc) is 2.56. The van der Waals surface area contributed by atoms with E-state index in [1.165, 1.54) is 23.5 Å². The van der Waals surface area contributed by atoms with Crippen LogP contribution in [0.4, 0.5) is 5.69 Å². The number of amides is 1. The lowest BCUT2D eigenvalue weighted by atomic mass is 10.2. The molecule has 0 spiro atoms. The van der Waals surface area contributed by atoms with Gasteiger partial charge in [-0.1, -0.05) is 29.8 Å². The molecule has 2 aromatic carbocycles.